The first kappa shape index (κ1) is 14.5. The summed E-state index contributed by atoms with van der Waals surface area (Å²) in [6.45, 7) is 4.21. The predicted molar refractivity (Wildman–Crippen MR) is 79.8 cm³/mol. The Morgan fingerprint density at radius 1 is 1.43 bits per heavy atom. The molecular weight excluding hydrogens is 290 g/mol. The fraction of sp³-hybridized carbons (Fsp3) is 0.467. The lowest BCUT2D eigenvalue weighted by Gasteiger charge is -2.33. The van der Waals surface area contributed by atoms with Crippen molar-refractivity contribution in [3.63, 3.8) is 0 Å². The van der Waals surface area contributed by atoms with Gasteiger partial charge in [0.2, 0.25) is 11.7 Å². The number of rotatable bonds is 3. The molecule has 1 N–H and O–H groups in total. The molecule has 0 saturated carbocycles. The van der Waals surface area contributed by atoms with Crippen LogP contribution in [0.2, 0.25) is 5.02 Å². The number of piperidine rings is 1. The molecule has 3 rings (SSSR count). The molecule has 1 saturated heterocycles. The second-order valence-corrected chi connectivity index (χ2v) is 5.97. The normalized spacial score (nSPS) is 23.4. The summed E-state index contributed by atoms with van der Waals surface area (Å²) < 4.78 is 5.30. The van der Waals surface area contributed by atoms with E-state index in [-0.39, 0.29) is 6.10 Å². The molecule has 0 radical (unpaired) electrons. The fourth-order valence-electron chi connectivity index (χ4n) is 2.52. The largest absolute Gasteiger partial charge is 0.392 e. The van der Waals surface area contributed by atoms with Crippen LogP contribution >= 0.6 is 11.6 Å². The number of likely N-dealkylation sites (tertiary alicyclic amines) is 1. The quantitative estimate of drug-likeness (QED) is 0.944. The van der Waals surface area contributed by atoms with Crippen molar-refractivity contribution in [2.24, 2.45) is 5.92 Å². The lowest BCUT2D eigenvalue weighted by molar-refractivity contribution is 0.0220. The van der Waals surface area contributed by atoms with Crippen LogP contribution in [0.4, 0.5) is 0 Å². The maximum atomic E-state index is 9.92. The van der Waals surface area contributed by atoms with E-state index in [1.807, 2.05) is 18.2 Å². The summed E-state index contributed by atoms with van der Waals surface area (Å²) in [5.41, 5.74) is 0.765. The van der Waals surface area contributed by atoms with E-state index < -0.39 is 0 Å². The van der Waals surface area contributed by atoms with Gasteiger partial charge in [0, 0.05) is 12.1 Å². The van der Waals surface area contributed by atoms with Gasteiger partial charge in [0.05, 0.1) is 17.7 Å². The Morgan fingerprint density at radius 3 is 3.00 bits per heavy atom. The molecule has 0 spiro atoms. The minimum atomic E-state index is -0.287. The Labute approximate surface area is 128 Å². The summed E-state index contributed by atoms with van der Waals surface area (Å²) in [4.78, 5) is 6.53. The van der Waals surface area contributed by atoms with Gasteiger partial charge in [-0.1, -0.05) is 35.8 Å². The van der Waals surface area contributed by atoms with E-state index in [4.69, 9.17) is 16.1 Å². The Bertz CT molecular complexity index is 616. The highest BCUT2D eigenvalue weighted by atomic mass is 35.5. The third-order valence-corrected chi connectivity index (χ3v) is 4.27. The average molecular weight is 308 g/mol. The number of aromatic nitrogens is 2. The molecule has 0 amide bonds. The number of benzene rings is 1. The van der Waals surface area contributed by atoms with E-state index in [0.29, 0.717) is 35.7 Å². The monoisotopic (exact) mass is 307 g/mol. The minimum absolute atomic E-state index is 0.287. The van der Waals surface area contributed by atoms with E-state index in [1.54, 1.807) is 6.07 Å². The number of aliphatic hydroxyl groups is 1. The van der Waals surface area contributed by atoms with E-state index in [1.165, 1.54) is 0 Å². The molecule has 1 aliphatic heterocycles. The van der Waals surface area contributed by atoms with E-state index in [9.17, 15) is 5.11 Å². The molecule has 21 heavy (non-hydrogen) atoms. The van der Waals surface area contributed by atoms with Crippen LogP contribution in [0.25, 0.3) is 11.4 Å². The van der Waals surface area contributed by atoms with Gasteiger partial charge in [0.1, 0.15) is 0 Å². The Morgan fingerprint density at radius 2 is 2.24 bits per heavy atom. The molecular formula is C15H18ClN3O2. The van der Waals surface area contributed by atoms with Crippen LogP contribution in [0.5, 0.6) is 0 Å². The van der Waals surface area contributed by atoms with Crippen molar-refractivity contribution in [1.82, 2.24) is 15.0 Å². The van der Waals surface area contributed by atoms with Gasteiger partial charge in [-0.15, -0.1) is 0 Å². The van der Waals surface area contributed by atoms with Gasteiger partial charge in [-0.3, -0.25) is 4.90 Å². The Balaban J connectivity index is 1.70. The van der Waals surface area contributed by atoms with Crippen LogP contribution in [-0.4, -0.2) is 39.3 Å². The summed E-state index contributed by atoms with van der Waals surface area (Å²) in [6, 6.07) is 7.42. The van der Waals surface area contributed by atoms with Gasteiger partial charge in [0.25, 0.3) is 0 Å². The van der Waals surface area contributed by atoms with E-state index >= 15 is 0 Å². The number of hydrogen-bond acceptors (Lipinski definition) is 5. The van der Waals surface area contributed by atoms with Gasteiger partial charge in [0.15, 0.2) is 0 Å². The Hall–Kier alpha value is -1.43. The zero-order valence-corrected chi connectivity index (χ0v) is 12.6. The third-order valence-electron chi connectivity index (χ3n) is 3.94. The maximum Gasteiger partial charge on any atom is 0.241 e. The van der Waals surface area contributed by atoms with Crippen molar-refractivity contribution >= 4 is 11.6 Å². The highest BCUT2D eigenvalue weighted by Crippen LogP contribution is 2.25. The van der Waals surface area contributed by atoms with Crippen LogP contribution in [0.1, 0.15) is 19.2 Å². The molecule has 2 heterocycles. The topological polar surface area (TPSA) is 62.4 Å². The van der Waals surface area contributed by atoms with Crippen molar-refractivity contribution in [2.75, 3.05) is 13.1 Å². The van der Waals surface area contributed by atoms with Crippen LogP contribution in [0, 0.1) is 5.92 Å². The molecule has 0 aliphatic carbocycles. The zero-order valence-electron chi connectivity index (χ0n) is 11.9. The molecule has 1 fully saturated rings. The van der Waals surface area contributed by atoms with Crippen LogP contribution in [-0.2, 0) is 6.54 Å². The molecule has 0 bridgehead atoms. The molecule has 1 aromatic carbocycles. The molecule has 2 atom stereocenters. The van der Waals surface area contributed by atoms with Gasteiger partial charge in [-0.2, -0.15) is 4.98 Å². The van der Waals surface area contributed by atoms with Crippen LogP contribution < -0.4 is 0 Å². The van der Waals surface area contributed by atoms with E-state index in [2.05, 4.69) is 22.0 Å². The smallest absolute Gasteiger partial charge is 0.241 e. The number of hydrogen-bond donors (Lipinski definition) is 1. The SMILES string of the molecule is CC1CCN(Cc2nc(-c3ccccc3Cl)no2)CC1O. The predicted octanol–water partition coefficient (Wildman–Crippen LogP) is 2.59. The number of β-amino-alcohol motifs (C(OH)–C–C–N with tert-alkyl or cyclic N) is 1. The van der Waals surface area contributed by atoms with Crippen molar-refractivity contribution in [1.29, 1.82) is 0 Å². The Kier molecular flexibility index (Phi) is 4.24. The first-order chi connectivity index (χ1) is 10.1. The standard InChI is InChI=1S/C15H18ClN3O2/c1-10-6-7-19(8-13(10)20)9-14-17-15(18-21-14)11-4-2-3-5-12(11)16/h2-5,10,13,20H,6-9H2,1H3. The van der Waals surface area contributed by atoms with Crippen molar-refractivity contribution in [3.8, 4) is 11.4 Å². The van der Waals surface area contributed by atoms with Gasteiger partial charge < -0.3 is 9.63 Å². The van der Waals surface area contributed by atoms with Crippen molar-refractivity contribution in [3.05, 3.63) is 35.2 Å². The molecule has 5 nitrogen and oxygen atoms in total. The molecule has 112 valence electrons. The second-order valence-electron chi connectivity index (χ2n) is 5.56. The molecule has 2 unspecified atom stereocenters. The number of aliphatic hydroxyl groups excluding tert-OH is 1. The molecule has 6 heteroatoms. The van der Waals surface area contributed by atoms with Gasteiger partial charge in [-0.25, -0.2) is 0 Å². The fourth-order valence-corrected chi connectivity index (χ4v) is 2.74. The first-order valence-corrected chi connectivity index (χ1v) is 7.49. The minimum Gasteiger partial charge on any atom is -0.392 e. The van der Waals surface area contributed by atoms with Crippen molar-refractivity contribution in [2.45, 2.75) is 26.0 Å². The van der Waals surface area contributed by atoms with Crippen LogP contribution in [0.3, 0.4) is 0 Å². The highest BCUT2D eigenvalue weighted by molar-refractivity contribution is 6.33. The summed E-state index contributed by atoms with van der Waals surface area (Å²) >= 11 is 6.13. The molecule has 2 aromatic rings. The van der Waals surface area contributed by atoms with Gasteiger partial charge >= 0.3 is 0 Å². The van der Waals surface area contributed by atoms with Crippen molar-refractivity contribution < 1.29 is 9.63 Å². The average Bonchev–Trinajstić information content (AvgIpc) is 2.92. The highest BCUT2D eigenvalue weighted by Gasteiger charge is 2.25. The summed E-state index contributed by atoms with van der Waals surface area (Å²) in [5, 5.41) is 14.5. The lowest BCUT2D eigenvalue weighted by Crippen LogP contribution is -2.42. The summed E-state index contributed by atoms with van der Waals surface area (Å²) in [6.07, 6.45) is 0.692. The second kappa shape index (κ2) is 6.13. The number of halogens is 1. The third kappa shape index (κ3) is 3.26. The molecule has 1 aromatic heterocycles. The summed E-state index contributed by atoms with van der Waals surface area (Å²) in [7, 11) is 0. The molecule has 1 aliphatic rings. The van der Waals surface area contributed by atoms with Gasteiger partial charge in [-0.05, 0) is 31.0 Å². The maximum absolute atomic E-state index is 9.92. The number of nitrogens with zero attached hydrogens (tertiary/aromatic N) is 3. The lowest BCUT2D eigenvalue weighted by atomic mass is 9.96. The van der Waals surface area contributed by atoms with E-state index in [0.717, 1.165) is 18.5 Å². The first-order valence-electron chi connectivity index (χ1n) is 7.11. The zero-order chi connectivity index (χ0) is 14.8. The summed E-state index contributed by atoms with van der Waals surface area (Å²) in [5.74, 6) is 1.40. The van der Waals surface area contributed by atoms with Crippen LogP contribution in [0.15, 0.2) is 28.8 Å².